The number of carbonyl (C=O) groups is 2. The van der Waals surface area contributed by atoms with Crippen LogP contribution < -0.4 is 15.4 Å². The average molecular weight is 396 g/mol. The van der Waals surface area contributed by atoms with E-state index in [4.69, 9.17) is 15.3 Å². The van der Waals surface area contributed by atoms with Gasteiger partial charge in [-0.2, -0.15) is 10.5 Å². The first-order valence-corrected chi connectivity index (χ1v) is 8.85. The van der Waals surface area contributed by atoms with Gasteiger partial charge in [0.15, 0.2) is 0 Å². The molecule has 0 saturated heterocycles. The van der Waals surface area contributed by atoms with Gasteiger partial charge >= 0.3 is 0 Å². The second-order valence-corrected chi connectivity index (χ2v) is 6.20. The van der Waals surface area contributed by atoms with Gasteiger partial charge in [-0.1, -0.05) is 0 Å². The summed E-state index contributed by atoms with van der Waals surface area (Å²) in [4.78, 5) is 24.8. The third-order valence-electron chi connectivity index (χ3n) is 4.26. The Morgan fingerprint density at radius 2 is 1.27 bits per heavy atom. The Labute approximate surface area is 173 Å². The van der Waals surface area contributed by atoms with Crippen LogP contribution in [0.15, 0.2) is 66.7 Å². The minimum atomic E-state index is -0.354. The fourth-order valence-corrected chi connectivity index (χ4v) is 2.66. The molecule has 0 aliphatic carbocycles. The van der Waals surface area contributed by atoms with Crippen molar-refractivity contribution in [3.8, 4) is 17.9 Å². The second-order valence-electron chi connectivity index (χ2n) is 6.20. The number of amides is 2. The normalized spacial score (nSPS) is 9.70. The highest BCUT2D eigenvalue weighted by molar-refractivity contribution is 6.06. The zero-order valence-corrected chi connectivity index (χ0v) is 16.0. The zero-order chi connectivity index (χ0) is 21.5. The van der Waals surface area contributed by atoms with E-state index in [0.29, 0.717) is 39.4 Å². The van der Waals surface area contributed by atoms with Gasteiger partial charge in [0.05, 0.1) is 36.1 Å². The molecule has 2 amide bonds. The Balaban J connectivity index is 1.73. The first-order valence-electron chi connectivity index (χ1n) is 8.85. The molecule has 2 N–H and O–H groups in total. The van der Waals surface area contributed by atoms with Gasteiger partial charge in [-0.15, -0.1) is 0 Å². The van der Waals surface area contributed by atoms with E-state index in [9.17, 15) is 9.59 Å². The van der Waals surface area contributed by atoms with E-state index in [2.05, 4.69) is 10.6 Å². The summed E-state index contributed by atoms with van der Waals surface area (Å²) in [6.07, 6.45) is 0. The van der Waals surface area contributed by atoms with Crippen molar-refractivity contribution in [1.29, 1.82) is 10.5 Å². The summed E-state index contributed by atoms with van der Waals surface area (Å²) >= 11 is 0. The number of rotatable bonds is 5. The van der Waals surface area contributed by atoms with Crippen molar-refractivity contribution in [2.45, 2.75) is 0 Å². The van der Waals surface area contributed by atoms with Crippen LogP contribution in [0.2, 0.25) is 0 Å². The number of nitrogens with zero attached hydrogens (tertiary/aromatic N) is 2. The predicted octanol–water partition coefficient (Wildman–Crippen LogP) is 3.94. The number of hydrogen-bond acceptors (Lipinski definition) is 5. The molecule has 0 spiro atoms. The highest BCUT2D eigenvalue weighted by Crippen LogP contribution is 2.28. The number of ether oxygens (including phenoxy) is 1. The van der Waals surface area contributed by atoms with Crippen LogP contribution in [0.25, 0.3) is 0 Å². The number of methoxy groups -OCH3 is 1. The SMILES string of the molecule is COc1cc(NC(=O)c2ccc(C#N)cc2)ccc1NC(=O)c1ccc(C#N)cc1. The molecule has 0 bridgehead atoms. The van der Waals surface area contributed by atoms with Gasteiger partial charge in [0, 0.05) is 22.9 Å². The van der Waals surface area contributed by atoms with Crippen LogP contribution in [0.5, 0.6) is 5.75 Å². The summed E-state index contributed by atoms with van der Waals surface area (Å²) in [5.41, 5.74) is 2.66. The van der Waals surface area contributed by atoms with Gasteiger partial charge in [0.25, 0.3) is 11.8 Å². The van der Waals surface area contributed by atoms with Gasteiger partial charge in [-0.05, 0) is 60.7 Å². The van der Waals surface area contributed by atoms with Crippen molar-refractivity contribution in [3.63, 3.8) is 0 Å². The number of benzene rings is 3. The van der Waals surface area contributed by atoms with Crippen LogP contribution >= 0.6 is 0 Å². The molecule has 0 unspecified atom stereocenters. The molecule has 0 aromatic heterocycles. The number of nitriles is 2. The van der Waals surface area contributed by atoms with Crippen molar-refractivity contribution < 1.29 is 14.3 Å². The smallest absolute Gasteiger partial charge is 0.255 e. The van der Waals surface area contributed by atoms with Crippen molar-refractivity contribution in [2.75, 3.05) is 17.7 Å². The Morgan fingerprint density at radius 1 is 0.767 bits per heavy atom. The molecule has 0 saturated carbocycles. The molecular formula is C23H16N4O3. The first kappa shape index (κ1) is 20.1. The lowest BCUT2D eigenvalue weighted by Gasteiger charge is -2.13. The van der Waals surface area contributed by atoms with Gasteiger partial charge in [-0.3, -0.25) is 9.59 Å². The lowest BCUT2D eigenvalue weighted by molar-refractivity contribution is 0.101. The Morgan fingerprint density at radius 3 is 1.73 bits per heavy atom. The van der Waals surface area contributed by atoms with Gasteiger partial charge in [-0.25, -0.2) is 0 Å². The Bertz CT molecular complexity index is 1170. The highest BCUT2D eigenvalue weighted by Gasteiger charge is 2.12. The van der Waals surface area contributed by atoms with Gasteiger partial charge in [0.1, 0.15) is 5.75 Å². The minimum absolute atomic E-state index is 0.337. The largest absolute Gasteiger partial charge is 0.494 e. The zero-order valence-electron chi connectivity index (χ0n) is 16.0. The molecule has 0 heterocycles. The van der Waals surface area contributed by atoms with E-state index in [1.165, 1.54) is 7.11 Å². The van der Waals surface area contributed by atoms with E-state index in [0.717, 1.165) is 0 Å². The van der Waals surface area contributed by atoms with Crippen molar-refractivity contribution in [2.24, 2.45) is 0 Å². The maximum absolute atomic E-state index is 12.4. The van der Waals surface area contributed by atoms with Gasteiger partial charge < -0.3 is 15.4 Å². The molecule has 3 aromatic carbocycles. The van der Waals surface area contributed by atoms with E-state index in [1.807, 2.05) is 12.1 Å². The van der Waals surface area contributed by atoms with Crippen molar-refractivity contribution in [1.82, 2.24) is 0 Å². The summed E-state index contributed by atoms with van der Waals surface area (Å²) in [7, 11) is 1.46. The number of carbonyl (C=O) groups excluding carboxylic acids is 2. The fourth-order valence-electron chi connectivity index (χ4n) is 2.66. The summed E-state index contributed by atoms with van der Waals surface area (Å²) in [6, 6.07) is 21.4. The number of nitrogens with one attached hydrogen (secondary N) is 2. The molecule has 3 rings (SSSR count). The summed E-state index contributed by atoms with van der Waals surface area (Å²) < 4.78 is 5.33. The Hall–Kier alpha value is -4.62. The average Bonchev–Trinajstić information content (AvgIpc) is 2.80. The lowest BCUT2D eigenvalue weighted by Crippen LogP contribution is -2.14. The molecule has 7 nitrogen and oxygen atoms in total. The summed E-state index contributed by atoms with van der Waals surface area (Å²) in [6.45, 7) is 0. The van der Waals surface area contributed by atoms with E-state index in [1.54, 1.807) is 66.7 Å². The maximum Gasteiger partial charge on any atom is 0.255 e. The highest BCUT2D eigenvalue weighted by atomic mass is 16.5. The van der Waals surface area contributed by atoms with E-state index < -0.39 is 0 Å². The van der Waals surface area contributed by atoms with Crippen molar-refractivity contribution in [3.05, 3.63) is 89.0 Å². The quantitative estimate of drug-likeness (QED) is 0.678. The first-order chi connectivity index (χ1) is 14.5. The lowest BCUT2D eigenvalue weighted by atomic mass is 10.1. The molecule has 3 aromatic rings. The predicted molar refractivity (Wildman–Crippen MR) is 111 cm³/mol. The monoisotopic (exact) mass is 396 g/mol. The van der Waals surface area contributed by atoms with Crippen molar-refractivity contribution >= 4 is 23.2 Å². The third kappa shape index (κ3) is 4.61. The molecule has 0 aliphatic heterocycles. The molecule has 0 radical (unpaired) electrons. The summed E-state index contributed by atoms with van der Waals surface area (Å²) in [5, 5.41) is 23.2. The van der Waals surface area contributed by atoms with Crippen LogP contribution in [0.4, 0.5) is 11.4 Å². The third-order valence-corrected chi connectivity index (χ3v) is 4.26. The molecule has 0 fully saturated rings. The summed E-state index contributed by atoms with van der Waals surface area (Å²) in [5.74, 6) is -0.322. The van der Waals surface area contributed by atoms with Crippen LogP contribution in [-0.2, 0) is 0 Å². The van der Waals surface area contributed by atoms with E-state index >= 15 is 0 Å². The molecule has 146 valence electrons. The second kappa shape index (κ2) is 9.05. The number of anilines is 2. The van der Waals surface area contributed by atoms with Crippen LogP contribution in [0, 0.1) is 22.7 Å². The molecule has 0 aliphatic rings. The van der Waals surface area contributed by atoms with Crippen LogP contribution in [0.3, 0.4) is 0 Å². The minimum Gasteiger partial charge on any atom is -0.494 e. The number of hydrogen-bond donors (Lipinski definition) is 2. The molecular weight excluding hydrogens is 380 g/mol. The maximum atomic E-state index is 12.4. The van der Waals surface area contributed by atoms with Crippen LogP contribution in [-0.4, -0.2) is 18.9 Å². The van der Waals surface area contributed by atoms with E-state index in [-0.39, 0.29) is 11.8 Å². The standard InChI is InChI=1S/C23H16N4O3/c1-30-21-12-19(26-22(28)17-6-2-15(13-24)3-7-17)10-11-20(21)27-23(29)18-8-4-16(14-25)5-9-18/h2-12H,1H3,(H,26,28)(H,27,29). The van der Waals surface area contributed by atoms with Crippen LogP contribution in [0.1, 0.15) is 31.8 Å². The van der Waals surface area contributed by atoms with Gasteiger partial charge in [0.2, 0.25) is 0 Å². The fraction of sp³-hybridized carbons (Fsp3) is 0.0435. The molecule has 0 atom stereocenters. The molecule has 7 heteroatoms. The topological polar surface area (TPSA) is 115 Å². The Kier molecular flexibility index (Phi) is 6.07. The molecule has 30 heavy (non-hydrogen) atoms.